The van der Waals surface area contributed by atoms with Gasteiger partial charge in [-0.1, -0.05) is 0 Å². The number of hydrogen-bond donors (Lipinski definition) is 1. The number of anilines is 1. The maximum atomic E-state index is 11.0. The van der Waals surface area contributed by atoms with E-state index in [1.54, 1.807) is 6.33 Å². The fourth-order valence-corrected chi connectivity index (χ4v) is 3.51. The predicted octanol–water partition coefficient (Wildman–Crippen LogP) is 2.70. The molecule has 0 unspecified atom stereocenters. The minimum atomic E-state index is -0.824. The van der Waals surface area contributed by atoms with Crippen LogP contribution < -0.4 is 4.90 Å². The number of nitrogens with zero attached hydrogens (tertiary/aromatic N) is 4. The molecule has 2 aliphatic heterocycles. The zero-order valence-electron chi connectivity index (χ0n) is 13.0. The molecule has 4 rings (SSSR count). The summed E-state index contributed by atoms with van der Waals surface area (Å²) in [5.41, 5.74) is 3.28. The maximum absolute atomic E-state index is 11.0. The Labute approximate surface area is 134 Å². The molecule has 0 spiro atoms. The standard InChI is InChI=1S/C17H20N4O2/c22-17(23)21-8-4-12(5-9-21)16-14-3-2-13(20-6-1-7-20)10-15(14)18-11-19-16/h2-3,10-12H,1,4-9H2,(H,22,23). The monoisotopic (exact) mass is 312 g/mol. The van der Waals surface area contributed by atoms with E-state index < -0.39 is 6.09 Å². The van der Waals surface area contributed by atoms with Crippen LogP contribution in [0.25, 0.3) is 10.9 Å². The normalized spacial score (nSPS) is 19.0. The van der Waals surface area contributed by atoms with Crippen LogP contribution in [0, 0.1) is 0 Å². The van der Waals surface area contributed by atoms with Gasteiger partial charge in [0.05, 0.1) is 11.2 Å². The third kappa shape index (κ3) is 2.58. The van der Waals surface area contributed by atoms with E-state index in [-0.39, 0.29) is 0 Å². The van der Waals surface area contributed by atoms with Gasteiger partial charge in [-0.2, -0.15) is 0 Å². The Morgan fingerprint density at radius 2 is 1.91 bits per heavy atom. The van der Waals surface area contributed by atoms with E-state index >= 15 is 0 Å². The van der Waals surface area contributed by atoms with E-state index in [0.717, 1.165) is 42.5 Å². The minimum Gasteiger partial charge on any atom is -0.465 e. The van der Waals surface area contributed by atoms with E-state index in [9.17, 15) is 4.79 Å². The van der Waals surface area contributed by atoms with E-state index in [0.29, 0.717) is 19.0 Å². The molecule has 120 valence electrons. The summed E-state index contributed by atoms with van der Waals surface area (Å²) >= 11 is 0. The Hall–Kier alpha value is -2.37. The van der Waals surface area contributed by atoms with Crippen molar-refractivity contribution in [1.82, 2.24) is 14.9 Å². The Morgan fingerprint density at radius 1 is 1.13 bits per heavy atom. The number of aromatic nitrogens is 2. The number of piperidine rings is 1. The third-order valence-electron chi connectivity index (χ3n) is 5.02. The van der Waals surface area contributed by atoms with E-state index in [1.165, 1.54) is 17.0 Å². The highest BCUT2D eigenvalue weighted by Crippen LogP contribution is 2.32. The van der Waals surface area contributed by atoms with Gasteiger partial charge in [-0.05, 0) is 37.5 Å². The average Bonchev–Trinajstić information content (AvgIpc) is 2.52. The van der Waals surface area contributed by atoms with Crippen LogP contribution in [0.15, 0.2) is 24.5 Å². The molecule has 6 nitrogen and oxygen atoms in total. The molecule has 0 bridgehead atoms. The van der Waals surface area contributed by atoms with Crippen LogP contribution >= 0.6 is 0 Å². The van der Waals surface area contributed by atoms with Gasteiger partial charge in [0, 0.05) is 43.2 Å². The highest BCUT2D eigenvalue weighted by molar-refractivity contribution is 5.84. The highest BCUT2D eigenvalue weighted by atomic mass is 16.4. The van der Waals surface area contributed by atoms with Gasteiger partial charge in [0.2, 0.25) is 0 Å². The molecule has 1 aromatic heterocycles. The second kappa shape index (κ2) is 5.68. The molecule has 1 N–H and O–H groups in total. The molecule has 0 radical (unpaired) electrons. The lowest BCUT2D eigenvalue weighted by molar-refractivity contribution is 0.132. The van der Waals surface area contributed by atoms with Crippen molar-refractivity contribution in [3.63, 3.8) is 0 Å². The van der Waals surface area contributed by atoms with Gasteiger partial charge in [0.15, 0.2) is 0 Å². The van der Waals surface area contributed by atoms with Gasteiger partial charge < -0.3 is 14.9 Å². The van der Waals surface area contributed by atoms with E-state index in [2.05, 4.69) is 33.1 Å². The maximum Gasteiger partial charge on any atom is 0.407 e. The number of benzene rings is 1. The molecule has 3 heterocycles. The van der Waals surface area contributed by atoms with Crippen molar-refractivity contribution in [2.24, 2.45) is 0 Å². The minimum absolute atomic E-state index is 0.311. The van der Waals surface area contributed by atoms with Gasteiger partial charge in [-0.3, -0.25) is 0 Å². The molecule has 0 atom stereocenters. The lowest BCUT2D eigenvalue weighted by Gasteiger charge is -2.33. The number of hydrogen-bond acceptors (Lipinski definition) is 4. The predicted molar refractivity (Wildman–Crippen MR) is 87.9 cm³/mol. The molecule has 23 heavy (non-hydrogen) atoms. The Kier molecular flexibility index (Phi) is 3.52. The summed E-state index contributed by atoms with van der Waals surface area (Å²) in [4.78, 5) is 23.8. The third-order valence-corrected chi connectivity index (χ3v) is 5.02. The Balaban J connectivity index is 1.61. The zero-order chi connectivity index (χ0) is 15.8. The summed E-state index contributed by atoms with van der Waals surface area (Å²) < 4.78 is 0. The lowest BCUT2D eigenvalue weighted by Crippen LogP contribution is -2.37. The molecule has 2 aromatic rings. The summed E-state index contributed by atoms with van der Waals surface area (Å²) in [5.74, 6) is 0.311. The first kappa shape index (κ1) is 14.2. The summed E-state index contributed by atoms with van der Waals surface area (Å²) in [6.45, 7) is 3.41. The highest BCUT2D eigenvalue weighted by Gasteiger charge is 2.25. The molecule has 6 heteroatoms. The van der Waals surface area contributed by atoms with Crippen LogP contribution in [0.2, 0.25) is 0 Å². The fourth-order valence-electron chi connectivity index (χ4n) is 3.51. The zero-order valence-corrected chi connectivity index (χ0v) is 13.0. The summed E-state index contributed by atoms with van der Waals surface area (Å²) in [6.07, 6.45) is 3.73. The molecule has 2 fully saturated rings. The van der Waals surface area contributed by atoms with Crippen LogP contribution in [-0.2, 0) is 0 Å². The lowest BCUT2D eigenvalue weighted by atomic mass is 9.91. The van der Waals surface area contributed by atoms with Crippen LogP contribution in [0.4, 0.5) is 10.5 Å². The molecule has 0 saturated carbocycles. The van der Waals surface area contributed by atoms with Gasteiger partial charge in [0.25, 0.3) is 0 Å². The average molecular weight is 312 g/mol. The summed E-state index contributed by atoms with van der Waals surface area (Å²) in [6, 6.07) is 6.43. The van der Waals surface area contributed by atoms with E-state index in [4.69, 9.17) is 5.11 Å². The molecule has 2 aliphatic rings. The number of amides is 1. The molecule has 1 aromatic carbocycles. The second-order valence-corrected chi connectivity index (χ2v) is 6.34. The van der Waals surface area contributed by atoms with Crippen molar-refractivity contribution in [2.75, 3.05) is 31.1 Å². The van der Waals surface area contributed by atoms with Crippen molar-refractivity contribution < 1.29 is 9.90 Å². The number of carboxylic acid groups (broad SMARTS) is 1. The molecular formula is C17H20N4O2. The van der Waals surface area contributed by atoms with Gasteiger partial charge >= 0.3 is 6.09 Å². The Bertz CT molecular complexity index is 736. The fraction of sp³-hybridized carbons (Fsp3) is 0.471. The number of carbonyl (C=O) groups is 1. The van der Waals surface area contributed by atoms with Crippen molar-refractivity contribution in [1.29, 1.82) is 0 Å². The molecule has 2 saturated heterocycles. The number of rotatable bonds is 2. The van der Waals surface area contributed by atoms with Crippen molar-refractivity contribution in [2.45, 2.75) is 25.2 Å². The van der Waals surface area contributed by atoms with Crippen LogP contribution in [0.3, 0.4) is 0 Å². The quantitative estimate of drug-likeness (QED) is 0.923. The van der Waals surface area contributed by atoms with Gasteiger partial charge in [-0.25, -0.2) is 14.8 Å². The van der Waals surface area contributed by atoms with Crippen LogP contribution in [0.5, 0.6) is 0 Å². The molecule has 0 aliphatic carbocycles. The number of fused-ring (bicyclic) bond motifs is 1. The number of likely N-dealkylation sites (tertiary alicyclic amines) is 1. The second-order valence-electron chi connectivity index (χ2n) is 6.34. The summed E-state index contributed by atoms with van der Waals surface area (Å²) in [5, 5.41) is 10.2. The van der Waals surface area contributed by atoms with Crippen LogP contribution in [-0.4, -0.2) is 52.2 Å². The van der Waals surface area contributed by atoms with Crippen molar-refractivity contribution in [3.05, 3.63) is 30.2 Å². The molecular weight excluding hydrogens is 292 g/mol. The largest absolute Gasteiger partial charge is 0.465 e. The summed E-state index contributed by atoms with van der Waals surface area (Å²) in [7, 11) is 0. The van der Waals surface area contributed by atoms with E-state index in [1.807, 2.05) is 0 Å². The Morgan fingerprint density at radius 3 is 2.57 bits per heavy atom. The van der Waals surface area contributed by atoms with Gasteiger partial charge in [0.1, 0.15) is 6.33 Å². The smallest absolute Gasteiger partial charge is 0.407 e. The SMILES string of the molecule is O=C(O)N1CCC(c2ncnc3cc(N4CCC4)ccc23)CC1. The van der Waals surface area contributed by atoms with Crippen LogP contribution in [0.1, 0.15) is 30.9 Å². The first-order valence-electron chi connectivity index (χ1n) is 8.20. The topological polar surface area (TPSA) is 69.6 Å². The molecule has 1 amide bonds. The first-order valence-corrected chi connectivity index (χ1v) is 8.20. The first-order chi connectivity index (χ1) is 11.2. The van der Waals surface area contributed by atoms with Crippen molar-refractivity contribution >= 4 is 22.7 Å². The van der Waals surface area contributed by atoms with Gasteiger partial charge in [-0.15, -0.1) is 0 Å². The van der Waals surface area contributed by atoms with Crippen molar-refractivity contribution in [3.8, 4) is 0 Å².